The van der Waals surface area contributed by atoms with Gasteiger partial charge >= 0.3 is 5.97 Å². The lowest BCUT2D eigenvalue weighted by Crippen LogP contribution is -2.35. The van der Waals surface area contributed by atoms with E-state index in [9.17, 15) is 19.7 Å². The van der Waals surface area contributed by atoms with Crippen molar-refractivity contribution < 1.29 is 19.2 Å². The van der Waals surface area contributed by atoms with Gasteiger partial charge in [-0.2, -0.15) is 0 Å². The van der Waals surface area contributed by atoms with Crippen molar-refractivity contribution >= 4 is 29.2 Å². The number of benzene rings is 1. The zero-order valence-corrected chi connectivity index (χ0v) is 11.6. The van der Waals surface area contributed by atoms with Crippen molar-refractivity contribution in [3.8, 4) is 0 Å². The summed E-state index contributed by atoms with van der Waals surface area (Å²) < 4.78 is 4.91. The summed E-state index contributed by atoms with van der Waals surface area (Å²) in [5.74, 6) is -1.27. The van der Waals surface area contributed by atoms with Gasteiger partial charge in [-0.1, -0.05) is 11.6 Å². The monoisotopic (exact) mass is 300 g/mol. The molecule has 0 aliphatic rings. The third-order valence-corrected chi connectivity index (χ3v) is 2.70. The number of nitro benzene ring substituents is 1. The predicted molar refractivity (Wildman–Crippen MR) is 71.7 cm³/mol. The SMILES string of the molecule is CCNC(=O)[C@H](C)OC(=O)c1ccc(Cl)c([N+](=O)[O-])c1. The Morgan fingerprint density at radius 1 is 1.50 bits per heavy atom. The smallest absolute Gasteiger partial charge is 0.339 e. The Morgan fingerprint density at radius 3 is 2.70 bits per heavy atom. The Bertz CT molecular complexity index is 547. The maximum Gasteiger partial charge on any atom is 0.339 e. The fraction of sp³-hybridized carbons (Fsp3) is 0.333. The summed E-state index contributed by atoms with van der Waals surface area (Å²) in [7, 11) is 0. The molecule has 0 fully saturated rings. The Morgan fingerprint density at radius 2 is 2.15 bits per heavy atom. The summed E-state index contributed by atoms with van der Waals surface area (Å²) in [6, 6.07) is 3.53. The normalized spacial score (nSPS) is 11.6. The third kappa shape index (κ3) is 3.92. The number of halogens is 1. The topological polar surface area (TPSA) is 98.5 Å². The highest BCUT2D eigenvalue weighted by Gasteiger charge is 2.21. The molecule has 0 radical (unpaired) electrons. The molecule has 1 aromatic carbocycles. The number of carbonyl (C=O) groups is 2. The first-order valence-electron chi connectivity index (χ1n) is 5.79. The van der Waals surface area contributed by atoms with Crippen molar-refractivity contribution in [1.82, 2.24) is 5.32 Å². The van der Waals surface area contributed by atoms with Crippen LogP contribution >= 0.6 is 11.6 Å². The van der Waals surface area contributed by atoms with Crippen LogP contribution in [-0.2, 0) is 9.53 Å². The molecule has 1 aromatic rings. The lowest BCUT2D eigenvalue weighted by Gasteiger charge is -2.12. The predicted octanol–water partition coefficient (Wildman–Crippen LogP) is 1.93. The van der Waals surface area contributed by atoms with Crippen molar-refractivity contribution in [3.63, 3.8) is 0 Å². The van der Waals surface area contributed by atoms with Crippen LogP contribution in [0.1, 0.15) is 24.2 Å². The molecule has 0 unspecified atom stereocenters. The van der Waals surface area contributed by atoms with Crippen LogP contribution in [0.3, 0.4) is 0 Å². The Hall–Kier alpha value is -2.15. The standard InChI is InChI=1S/C12H13ClN2O5/c1-3-14-11(16)7(2)20-12(17)8-4-5-9(13)10(6-8)15(18)19/h4-7H,3H2,1-2H3,(H,14,16)/t7-/m0/s1. The van der Waals surface area contributed by atoms with Gasteiger partial charge in [0.25, 0.3) is 11.6 Å². The van der Waals surface area contributed by atoms with Crippen LogP contribution in [0.4, 0.5) is 5.69 Å². The molecule has 7 nitrogen and oxygen atoms in total. The molecule has 0 saturated carbocycles. The number of amides is 1. The largest absolute Gasteiger partial charge is 0.449 e. The van der Waals surface area contributed by atoms with Crippen LogP contribution in [0.5, 0.6) is 0 Å². The average molecular weight is 301 g/mol. The minimum absolute atomic E-state index is 0.0442. The van der Waals surface area contributed by atoms with Crippen LogP contribution in [0.15, 0.2) is 18.2 Å². The van der Waals surface area contributed by atoms with Gasteiger partial charge in [0.05, 0.1) is 10.5 Å². The van der Waals surface area contributed by atoms with E-state index in [0.717, 1.165) is 6.07 Å². The van der Waals surface area contributed by atoms with E-state index in [4.69, 9.17) is 16.3 Å². The van der Waals surface area contributed by atoms with Gasteiger partial charge in [0.15, 0.2) is 6.10 Å². The van der Waals surface area contributed by atoms with E-state index in [-0.39, 0.29) is 10.6 Å². The fourth-order valence-electron chi connectivity index (χ4n) is 1.38. The second-order valence-corrected chi connectivity index (χ2v) is 4.27. The number of carbonyl (C=O) groups excluding carboxylic acids is 2. The van der Waals surface area contributed by atoms with Gasteiger partial charge in [0, 0.05) is 12.6 Å². The van der Waals surface area contributed by atoms with Gasteiger partial charge in [-0.3, -0.25) is 14.9 Å². The molecule has 0 bridgehead atoms. The van der Waals surface area contributed by atoms with Crippen molar-refractivity contribution in [2.75, 3.05) is 6.54 Å². The quantitative estimate of drug-likeness (QED) is 0.509. The van der Waals surface area contributed by atoms with E-state index in [1.54, 1.807) is 6.92 Å². The van der Waals surface area contributed by atoms with Crippen LogP contribution in [0.2, 0.25) is 5.02 Å². The van der Waals surface area contributed by atoms with Gasteiger partial charge in [0.2, 0.25) is 0 Å². The highest BCUT2D eigenvalue weighted by molar-refractivity contribution is 6.32. The van der Waals surface area contributed by atoms with Gasteiger partial charge in [0.1, 0.15) is 5.02 Å². The van der Waals surface area contributed by atoms with Crippen LogP contribution in [0, 0.1) is 10.1 Å². The number of likely N-dealkylation sites (N-methyl/N-ethyl adjacent to an activating group) is 1. The first-order valence-corrected chi connectivity index (χ1v) is 6.17. The van der Waals surface area contributed by atoms with Crippen LogP contribution < -0.4 is 5.32 Å². The molecule has 0 aliphatic heterocycles. The van der Waals surface area contributed by atoms with E-state index in [0.29, 0.717) is 6.54 Å². The molecule has 0 saturated heterocycles. The fourth-order valence-corrected chi connectivity index (χ4v) is 1.57. The molecular formula is C12H13ClN2O5. The number of nitrogens with zero attached hydrogens (tertiary/aromatic N) is 1. The molecule has 1 amide bonds. The molecule has 0 aromatic heterocycles. The van der Waals surface area contributed by atoms with Crippen molar-refractivity contribution in [2.24, 2.45) is 0 Å². The van der Waals surface area contributed by atoms with E-state index in [2.05, 4.69) is 5.32 Å². The van der Waals surface area contributed by atoms with Gasteiger partial charge in [-0.05, 0) is 26.0 Å². The molecular weight excluding hydrogens is 288 g/mol. The van der Waals surface area contributed by atoms with Gasteiger partial charge in [-0.25, -0.2) is 4.79 Å². The summed E-state index contributed by atoms with van der Waals surface area (Å²) in [5.41, 5.74) is -0.441. The molecule has 0 heterocycles. The summed E-state index contributed by atoms with van der Waals surface area (Å²) in [6.07, 6.45) is -0.989. The Labute approximate surface area is 120 Å². The van der Waals surface area contributed by atoms with Crippen LogP contribution in [-0.4, -0.2) is 29.4 Å². The number of hydrogen-bond donors (Lipinski definition) is 1. The zero-order valence-electron chi connectivity index (χ0n) is 10.9. The lowest BCUT2D eigenvalue weighted by molar-refractivity contribution is -0.384. The first-order chi connectivity index (χ1) is 9.36. The first kappa shape index (κ1) is 15.9. The maximum atomic E-state index is 11.8. The van der Waals surface area contributed by atoms with Crippen molar-refractivity contribution in [3.05, 3.63) is 38.9 Å². The molecule has 1 rings (SSSR count). The van der Waals surface area contributed by atoms with Crippen molar-refractivity contribution in [1.29, 1.82) is 0 Å². The molecule has 20 heavy (non-hydrogen) atoms. The third-order valence-electron chi connectivity index (χ3n) is 2.38. The van der Waals surface area contributed by atoms with E-state index in [1.165, 1.54) is 19.1 Å². The Balaban J connectivity index is 2.85. The Kier molecular flexibility index (Phi) is 5.45. The van der Waals surface area contributed by atoms with Gasteiger partial charge < -0.3 is 10.1 Å². The number of ether oxygens (including phenoxy) is 1. The molecule has 108 valence electrons. The number of nitrogens with one attached hydrogen (secondary N) is 1. The molecule has 8 heteroatoms. The zero-order chi connectivity index (χ0) is 15.3. The molecule has 0 spiro atoms. The van der Waals surface area contributed by atoms with E-state index >= 15 is 0 Å². The minimum atomic E-state index is -0.989. The van der Waals surface area contributed by atoms with E-state index in [1.807, 2.05) is 0 Å². The second kappa shape index (κ2) is 6.85. The summed E-state index contributed by atoms with van der Waals surface area (Å²) in [4.78, 5) is 33.2. The molecule has 1 N–H and O–H groups in total. The highest BCUT2D eigenvalue weighted by Crippen LogP contribution is 2.25. The lowest BCUT2D eigenvalue weighted by atomic mass is 10.2. The van der Waals surface area contributed by atoms with Crippen molar-refractivity contribution in [2.45, 2.75) is 20.0 Å². The number of rotatable bonds is 5. The highest BCUT2D eigenvalue weighted by atomic mass is 35.5. The molecule has 1 atom stereocenters. The maximum absolute atomic E-state index is 11.8. The minimum Gasteiger partial charge on any atom is -0.449 e. The average Bonchev–Trinajstić information content (AvgIpc) is 2.38. The van der Waals surface area contributed by atoms with Gasteiger partial charge in [-0.15, -0.1) is 0 Å². The molecule has 0 aliphatic carbocycles. The van der Waals surface area contributed by atoms with Crippen LogP contribution in [0.25, 0.3) is 0 Å². The number of nitro groups is 1. The van der Waals surface area contributed by atoms with E-state index < -0.39 is 28.6 Å². The number of hydrogen-bond acceptors (Lipinski definition) is 5. The summed E-state index contributed by atoms with van der Waals surface area (Å²) >= 11 is 5.64. The second-order valence-electron chi connectivity index (χ2n) is 3.87. The summed E-state index contributed by atoms with van der Waals surface area (Å²) in [5, 5.41) is 13.1. The summed E-state index contributed by atoms with van der Waals surface area (Å²) in [6.45, 7) is 3.55. The number of esters is 1.